The summed E-state index contributed by atoms with van der Waals surface area (Å²) in [5.74, 6) is 0.721. The summed E-state index contributed by atoms with van der Waals surface area (Å²) in [5.41, 5.74) is 2.93. The van der Waals surface area contributed by atoms with Crippen molar-refractivity contribution >= 4 is 39.5 Å². The molecule has 0 aliphatic carbocycles. The van der Waals surface area contributed by atoms with Gasteiger partial charge in [0.15, 0.2) is 5.82 Å². The van der Waals surface area contributed by atoms with E-state index in [2.05, 4.69) is 15.3 Å². The third kappa shape index (κ3) is 2.51. The molecule has 2 aromatic heterocycles. The average Bonchev–Trinajstić information content (AvgIpc) is 3.11. The van der Waals surface area contributed by atoms with E-state index in [-0.39, 0.29) is 0 Å². The minimum absolute atomic E-state index is 0.608. The first-order valence-electron chi connectivity index (χ1n) is 6.87. The first kappa shape index (κ1) is 14.6. The number of hydrogen-bond acceptors (Lipinski definition) is 4. The number of nitrogens with zero attached hydrogens (tertiary/aromatic N) is 4. The van der Waals surface area contributed by atoms with Gasteiger partial charge in [-0.25, -0.2) is 0 Å². The predicted molar refractivity (Wildman–Crippen MR) is 94.3 cm³/mol. The monoisotopic (exact) mass is 360 g/mol. The molecule has 0 spiro atoms. The van der Waals surface area contributed by atoms with Crippen molar-refractivity contribution in [3.8, 4) is 22.0 Å². The van der Waals surface area contributed by atoms with Crippen LogP contribution in [0.1, 0.15) is 5.56 Å². The maximum Gasteiger partial charge on any atom is 0.235 e. The molecule has 4 aromatic rings. The number of hydrogen-bond donors (Lipinski definition) is 0. The van der Waals surface area contributed by atoms with E-state index in [0.717, 1.165) is 27.5 Å². The molecular formula is C16H10Cl2N4S. The van der Waals surface area contributed by atoms with Gasteiger partial charge in [-0.05, 0) is 30.7 Å². The number of fused-ring (bicyclic) bond motifs is 1. The van der Waals surface area contributed by atoms with Crippen molar-refractivity contribution in [2.75, 3.05) is 0 Å². The molecule has 0 N–H and O–H groups in total. The van der Waals surface area contributed by atoms with Crippen molar-refractivity contribution in [1.29, 1.82) is 0 Å². The van der Waals surface area contributed by atoms with Crippen LogP contribution in [0.5, 0.6) is 0 Å². The Morgan fingerprint density at radius 1 is 1.00 bits per heavy atom. The normalized spacial score (nSPS) is 11.3. The summed E-state index contributed by atoms with van der Waals surface area (Å²) in [4.78, 5) is 0.717. The molecule has 0 saturated carbocycles. The van der Waals surface area contributed by atoms with Crippen LogP contribution < -0.4 is 0 Å². The molecule has 0 aliphatic heterocycles. The second-order valence-electron chi connectivity index (χ2n) is 5.06. The Kier molecular flexibility index (Phi) is 3.56. The zero-order chi connectivity index (χ0) is 16.0. The third-order valence-electron chi connectivity index (χ3n) is 3.54. The molecule has 7 heteroatoms. The van der Waals surface area contributed by atoms with E-state index in [1.165, 1.54) is 11.3 Å². The Morgan fingerprint density at radius 3 is 2.65 bits per heavy atom. The molecule has 0 saturated heterocycles. The summed E-state index contributed by atoms with van der Waals surface area (Å²) in [5, 5.41) is 15.1. The predicted octanol–water partition coefficient (Wildman–Crippen LogP) is 5.14. The van der Waals surface area contributed by atoms with Crippen molar-refractivity contribution in [3.63, 3.8) is 0 Å². The molecule has 0 amide bonds. The van der Waals surface area contributed by atoms with E-state index >= 15 is 0 Å². The highest BCUT2D eigenvalue weighted by atomic mass is 35.5. The Labute approximate surface area is 146 Å². The van der Waals surface area contributed by atoms with Crippen molar-refractivity contribution in [2.45, 2.75) is 6.92 Å². The van der Waals surface area contributed by atoms with Crippen LogP contribution in [0.4, 0.5) is 0 Å². The molecule has 4 rings (SSSR count). The lowest BCUT2D eigenvalue weighted by Crippen LogP contribution is -1.93. The second-order valence-corrected chi connectivity index (χ2v) is 6.86. The molecule has 2 heterocycles. The molecule has 0 fully saturated rings. The van der Waals surface area contributed by atoms with Crippen LogP contribution in [-0.4, -0.2) is 19.8 Å². The van der Waals surface area contributed by atoms with Crippen LogP contribution in [0.2, 0.25) is 10.0 Å². The lowest BCUT2D eigenvalue weighted by Gasteiger charge is -2.02. The fourth-order valence-corrected chi connectivity index (χ4v) is 3.68. The SMILES string of the molecule is Cc1ccccc1-c1nnc2sc(-c3cc(Cl)ccc3Cl)nn12. The zero-order valence-corrected chi connectivity index (χ0v) is 14.3. The Hall–Kier alpha value is -1.95. The highest BCUT2D eigenvalue weighted by Crippen LogP contribution is 2.34. The first-order chi connectivity index (χ1) is 11.1. The number of aryl methyl sites for hydroxylation is 1. The second kappa shape index (κ2) is 5.60. The highest BCUT2D eigenvalue weighted by Gasteiger charge is 2.17. The summed E-state index contributed by atoms with van der Waals surface area (Å²) in [7, 11) is 0. The summed E-state index contributed by atoms with van der Waals surface area (Å²) >= 11 is 13.8. The fourth-order valence-electron chi connectivity index (χ4n) is 2.38. The molecular weight excluding hydrogens is 351 g/mol. The third-order valence-corrected chi connectivity index (χ3v) is 5.03. The molecule has 0 bridgehead atoms. The maximum absolute atomic E-state index is 6.27. The van der Waals surface area contributed by atoms with Gasteiger partial charge >= 0.3 is 0 Å². The minimum atomic E-state index is 0.608. The van der Waals surface area contributed by atoms with Crippen LogP contribution in [0.25, 0.3) is 26.9 Å². The van der Waals surface area contributed by atoms with Crippen LogP contribution in [0.15, 0.2) is 42.5 Å². The Balaban J connectivity index is 1.90. The number of benzene rings is 2. The topological polar surface area (TPSA) is 43.1 Å². The van der Waals surface area contributed by atoms with Gasteiger partial charge in [0, 0.05) is 16.1 Å². The van der Waals surface area contributed by atoms with E-state index in [4.69, 9.17) is 23.2 Å². The van der Waals surface area contributed by atoms with Gasteiger partial charge in [0.25, 0.3) is 0 Å². The van der Waals surface area contributed by atoms with Crippen LogP contribution in [0.3, 0.4) is 0 Å². The van der Waals surface area contributed by atoms with E-state index in [1.807, 2.05) is 37.3 Å². The smallest absolute Gasteiger partial charge is 0.182 e. The van der Waals surface area contributed by atoms with Gasteiger partial charge in [-0.3, -0.25) is 0 Å². The first-order valence-corrected chi connectivity index (χ1v) is 8.44. The molecule has 2 aromatic carbocycles. The van der Waals surface area contributed by atoms with Gasteiger partial charge in [-0.15, -0.1) is 10.2 Å². The maximum atomic E-state index is 6.27. The van der Waals surface area contributed by atoms with E-state index < -0.39 is 0 Å². The fraction of sp³-hybridized carbons (Fsp3) is 0.0625. The number of rotatable bonds is 2. The largest absolute Gasteiger partial charge is 0.235 e. The Bertz CT molecular complexity index is 1020. The minimum Gasteiger partial charge on any atom is -0.182 e. The van der Waals surface area contributed by atoms with Crippen molar-refractivity contribution in [3.05, 3.63) is 58.1 Å². The summed E-state index contributed by atoms with van der Waals surface area (Å²) in [6, 6.07) is 13.4. The molecule has 4 nitrogen and oxygen atoms in total. The van der Waals surface area contributed by atoms with E-state index in [0.29, 0.717) is 15.0 Å². The van der Waals surface area contributed by atoms with E-state index in [1.54, 1.807) is 16.6 Å². The van der Waals surface area contributed by atoms with Crippen molar-refractivity contribution in [1.82, 2.24) is 19.8 Å². The van der Waals surface area contributed by atoms with Crippen molar-refractivity contribution < 1.29 is 0 Å². The molecule has 0 atom stereocenters. The van der Waals surface area contributed by atoms with Gasteiger partial charge in [-0.1, -0.05) is 58.8 Å². The van der Waals surface area contributed by atoms with Crippen LogP contribution in [-0.2, 0) is 0 Å². The van der Waals surface area contributed by atoms with Gasteiger partial charge in [0.05, 0.1) is 5.02 Å². The molecule has 0 unspecified atom stereocenters. The van der Waals surface area contributed by atoms with Gasteiger partial charge in [-0.2, -0.15) is 9.61 Å². The lowest BCUT2D eigenvalue weighted by molar-refractivity contribution is 0.969. The molecule has 23 heavy (non-hydrogen) atoms. The zero-order valence-electron chi connectivity index (χ0n) is 12.0. The number of aromatic nitrogens is 4. The van der Waals surface area contributed by atoms with E-state index in [9.17, 15) is 0 Å². The Morgan fingerprint density at radius 2 is 1.83 bits per heavy atom. The van der Waals surface area contributed by atoms with Gasteiger partial charge < -0.3 is 0 Å². The summed E-state index contributed by atoms with van der Waals surface area (Å²) in [6.45, 7) is 2.04. The highest BCUT2D eigenvalue weighted by molar-refractivity contribution is 7.19. The van der Waals surface area contributed by atoms with Gasteiger partial charge in [0.2, 0.25) is 4.96 Å². The number of halogens is 2. The molecule has 114 valence electrons. The quantitative estimate of drug-likeness (QED) is 0.497. The standard InChI is InChI=1S/C16H10Cl2N4S/c1-9-4-2-3-5-11(9)14-19-20-16-22(14)21-15(23-16)12-8-10(17)6-7-13(12)18/h2-8H,1H3. The van der Waals surface area contributed by atoms with Crippen LogP contribution in [0, 0.1) is 6.92 Å². The molecule has 0 aliphatic rings. The van der Waals surface area contributed by atoms with Crippen molar-refractivity contribution in [2.24, 2.45) is 0 Å². The van der Waals surface area contributed by atoms with Crippen LogP contribution >= 0.6 is 34.5 Å². The lowest BCUT2D eigenvalue weighted by atomic mass is 10.1. The molecule has 0 radical (unpaired) electrons. The van der Waals surface area contributed by atoms with Gasteiger partial charge in [0.1, 0.15) is 5.01 Å². The average molecular weight is 361 g/mol. The summed E-state index contributed by atoms with van der Waals surface area (Å²) < 4.78 is 1.75. The summed E-state index contributed by atoms with van der Waals surface area (Å²) in [6.07, 6.45) is 0.